The van der Waals surface area contributed by atoms with Gasteiger partial charge in [0.25, 0.3) is 5.91 Å². The molecule has 0 atom stereocenters. The van der Waals surface area contributed by atoms with Gasteiger partial charge in [-0.05, 0) is 40.0 Å². The van der Waals surface area contributed by atoms with Crippen LogP contribution in [0.25, 0.3) is 0 Å². The molecule has 110 valence electrons. The summed E-state index contributed by atoms with van der Waals surface area (Å²) < 4.78 is 0.795. The summed E-state index contributed by atoms with van der Waals surface area (Å²) in [6.07, 6.45) is 4.14. The van der Waals surface area contributed by atoms with E-state index in [1.807, 2.05) is 31.2 Å². The predicted octanol–water partition coefficient (Wildman–Crippen LogP) is 3.48. The number of hydrogen-bond acceptors (Lipinski definition) is 3. The van der Waals surface area contributed by atoms with E-state index < -0.39 is 0 Å². The Bertz CT molecular complexity index is 630. The Morgan fingerprint density at radius 1 is 1.33 bits per heavy atom. The molecule has 1 amide bonds. The van der Waals surface area contributed by atoms with E-state index in [1.54, 1.807) is 23.4 Å². The smallest absolute Gasteiger partial charge is 0.255 e. The monoisotopic (exact) mass is 347 g/mol. The molecule has 1 aromatic carbocycles. The molecule has 21 heavy (non-hydrogen) atoms. The van der Waals surface area contributed by atoms with Crippen molar-refractivity contribution in [3.05, 3.63) is 58.3 Å². The second-order valence-electron chi connectivity index (χ2n) is 4.82. The highest BCUT2D eigenvalue weighted by Gasteiger charge is 2.17. The maximum Gasteiger partial charge on any atom is 0.255 e. The largest absolute Gasteiger partial charge is 0.398 e. The summed E-state index contributed by atoms with van der Waals surface area (Å²) in [5.74, 6) is -0.0334. The average molecular weight is 348 g/mol. The van der Waals surface area contributed by atoms with Crippen molar-refractivity contribution >= 4 is 27.5 Å². The molecule has 2 aromatic rings. The Morgan fingerprint density at radius 2 is 2.10 bits per heavy atom. The molecule has 0 bridgehead atoms. The van der Waals surface area contributed by atoms with Gasteiger partial charge in [-0.15, -0.1) is 0 Å². The number of benzene rings is 1. The van der Waals surface area contributed by atoms with Crippen LogP contribution >= 0.6 is 15.9 Å². The van der Waals surface area contributed by atoms with Crippen LogP contribution in [0.1, 0.15) is 29.3 Å². The molecule has 1 aromatic heterocycles. The van der Waals surface area contributed by atoms with Crippen molar-refractivity contribution < 1.29 is 4.79 Å². The summed E-state index contributed by atoms with van der Waals surface area (Å²) in [6.45, 7) is 3.24. The lowest BCUT2D eigenvalue weighted by atomic mass is 10.1. The fourth-order valence-electron chi connectivity index (χ4n) is 2.12. The van der Waals surface area contributed by atoms with Gasteiger partial charge in [-0.25, -0.2) is 0 Å². The normalized spacial score (nSPS) is 10.4. The molecular weight excluding hydrogens is 330 g/mol. The van der Waals surface area contributed by atoms with Gasteiger partial charge in [0, 0.05) is 35.6 Å². The van der Waals surface area contributed by atoms with Crippen LogP contribution in [0.4, 0.5) is 5.69 Å². The molecule has 4 nitrogen and oxygen atoms in total. The number of aromatic nitrogens is 1. The van der Waals surface area contributed by atoms with Gasteiger partial charge in [-0.1, -0.05) is 25.1 Å². The van der Waals surface area contributed by atoms with Gasteiger partial charge in [0.05, 0.1) is 5.56 Å². The average Bonchev–Trinajstić information content (AvgIpc) is 2.48. The molecule has 2 N–H and O–H groups in total. The molecule has 0 aliphatic carbocycles. The number of nitrogen functional groups attached to an aromatic ring is 1. The van der Waals surface area contributed by atoms with Crippen molar-refractivity contribution in [1.29, 1.82) is 0 Å². The van der Waals surface area contributed by atoms with Crippen LogP contribution in [0.15, 0.2) is 47.2 Å². The van der Waals surface area contributed by atoms with Gasteiger partial charge in [-0.2, -0.15) is 0 Å². The maximum absolute atomic E-state index is 12.6. The molecule has 2 rings (SSSR count). The second kappa shape index (κ2) is 7.22. The van der Waals surface area contributed by atoms with Crippen molar-refractivity contribution in [2.45, 2.75) is 19.9 Å². The number of rotatable bonds is 5. The summed E-state index contributed by atoms with van der Waals surface area (Å²) in [4.78, 5) is 18.5. The van der Waals surface area contributed by atoms with E-state index in [-0.39, 0.29) is 5.91 Å². The molecule has 0 radical (unpaired) electrons. The Kier molecular flexibility index (Phi) is 5.33. The number of carbonyl (C=O) groups excluding carboxylic acids is 1. The Morgan fingerprint density at radius 3 is 2.76 bits per heavy atom. The quantitative estimate of drug-likeness (QED) is 0.842. The summed E-state index contributed by atoms with van der Waals surface area (Å²) in [5, 5.41) is 0. The number of para-hydroxylation sites is 1. The maximum atomic E-state index is 12.6. The van der Waals surface area contributed by atoms with E-state index in [2.05, 4.69) is 20.9 Å². The molecular formula is C16H18BrN3O. The van der Waals surface area contributed by atoms with Crippen molar-refractivity contribution in [3.63, 3.8) is 0 Å². The van der Waals surface area contributed by atoms with E-state index >= 15 is 0 Å². The van der Waals surface area contributed by atoms with Crippen LogP contribution in [0.5, 0.6) is 0 Å². The molecule has 0 unspecified atom stereocenters. The van der Waals surface area contributed by atoms with Gasteiger partial charge >= 0.3 is 0 Å². The Balaban J connectivity index is 2.22. The van der Waals surface area contributed by atoms with Crippen molar-refractivity contribution in [3.8, 4) is 0 Å². The van der Waals surface area contributed by atoms with E-state index in [0.29, 0.717) is 24.3 Å². The number of nitrogens with two attached hydrogens (primary N) is 1. The van der Waals surface area contributed by atoms with Gasteiger partial charge in [0.2, 0.25) is 0 Å². The van der Waals surface area contributed by atoms with E-state index in [1.165, 1.54) is 0 Å². The first-order valence-corrected chi connectivity index (χ1v) is 7.64. The lowest BCUT2D eigenvalue weighted by molar-refractivity contribution is 0.0743. The standard InChI is InChI=1S/C16H18BrN3O/c1-2-7-20(11-12-5-3-4-6-15(12)18)16(21)13-8-14(17)10-19-9-13/h3-6,8-10H,2,7,11,18H2,1H3. The minimum absolute atomic E-state index is 0.0334. The number of pyridine rings is 1. The van der Waals surface area contributed by atoms with E-state index in [4.69, 9.17) is 5.73 Å². The Labute approximate surface area is 133 Å². The fourth-order valence-corrected chi connectivity index (χ4v) is 2.48. The number of halogens is 1. The third-order valence-corrected chi connectivity index (χ3v) is 3.58. The second-order valence-corrected chi connectivity index (χ2v) is 5.73. The lowest BCUT2D eigenvalue weighted by Crippen LogP contribution is -2.31. The van der Waals surface area contributed by atoms with Crippen LogP contribution in [0, 0.1) is 0 Å². The molecule has 1 heterocycles. The number of nitrogens with zero attached hydrogens (tertiary/aromatic N) is 2. The number of hydrogen-bond donors (Lipinski definition) is 1. The highest BCUT2D eigenvalue weighted by atomic mass is 79.9. The van der Waals surface area contributed by atoms with Crippen molar-refractivity contribution in [2.24, 2.45) is 0 Å². The molecule has 0 saturated heterocycles. The minimum Gasteiger partial charge on any atom is -0.398 e. The Hall–Kier alpha value is -1.88. The highest BCUT2D eigenvalue weighted by Crippen LogP contribution is 2.17. The van der Waals surface area contributed by atoms with Crippen molar-refractivity contribution in [2.75, 3.05) is 12.3 Å². The first-order valence-electron chi connectivity index (χ1n) is 6.85. The first-order chi connectivity index (χ1) is 10.1. The summed E-state index contributed by atoms with van der Waals surface area (Å²) in [5.41, 5.74) is 8.21. The minimum atomic E-state index is -0.0334. The van der Waals surface area contributed by atoms with Crippen LogP contribution in [-0.2, 0) is 6.54 Å². The van der Waals surface area contributed by atoms with Gasteiger partial charge in [0.15, 0.2) is 0 Å². The highest BCUT2D eigenvalue weighted by molar-refractivity contribution is 9.10. The molecule has 0 spiro atoms. The third kappa shape index (κ3) is 4.04. The third-order valence-electron chi connectivity index (χ3n) is 3.15. The van der Waals surface area contributed by atoms with E-state index in [0.717, 1.165) is 16.5 Å². The predicted molar refractivity (Wildman–Crippen MR) is 87.8 cm³/mol. The topological polar surface area (TPSA) is 59.2 Å². The van der Waals surface area contributed by atoms with Crippen LogP contribution in [0.2, 0.25) is 0 Å². The molecule has 0 fully saturated rings. The van der Waals surface area contributed by atoms with Gasteiger partial charge in [0.1, 0.15) is 0 Å². The van der Waals surface area contributed by atoms with Gasteiger partial charge in [-0.3, -0.25) is 9.78 Å². The van der Waals surface area contributed by atoms with Gasteiger partial charge < -0.3 is 10.6 Å². The molecule has 5 heteroatoms. The zero-order valence-electron chi connectivity index (χ0n) is 11.9. The molecule has 0 aliphatic rings. The van der Waals surface area contributed by atoms with E-state index in [9.17, 15) is 4.79 Å². The SMILES string of the molecule is CCCN(Cc1ccccc1N)C(=O)c1cncc(Br)c1. The fraction of sp³-hybridized carbons (Fsp3) is 0.250. The summed E-state index contributed by atoms with van der Waals surface area (Å²) in [6, 6.07) is 9.41. The first kappa shape index (κ1) is 15.5. The number of carbonyl (C=O) groups is 1. The lowest BCUT2D eigenvalue weighted by Gasteiger charge is -2.23. The number of anilines is 1. The zero-order chi connectivity index (χ0) is 15.2. The summed E-state index contributed by atoms with van der Waals surface area (Å²) in [7, 11) is 0. The summed E-state index contributed by atoms with van der Waals surface area (Å²) >= 11 is 3.34. The zero-order valence-corrected chi connectivity index (χ0v) is 13.5. The van der Waals surface area contributed by atoms with Crippen molar-refractivity contribution in [1.82, 2.24) is 9.88 Å². The van der Waals surface area contributed by atoms with Crippen LogP contribution < -0.4 is 5.73 Å². The van der Waals surface area contributed by atoms with Crippen LogP contribution in [0.3, 0.4) is 0 Å². The molecule has 0 saturated carbocycles. The molecule has 0 aliphatic heterocycles. The number of amides is 1. The van der Waals surface area contributed by atoms with Crippen LogP contribution in [-0.4, -0.2) is 22.3 Å².